The largest absolute Gasteiger partial charge is 0.479 e. The molecule has 0 radical (unpaired) electrons. The van der Waals surface area contributed by atoms with Gasteiger partial charge in [0.15, 0.2) is 37.4 Å². The first-order chi connectivity index (χ1) is 31.5. The highest BCUT2D eigenvalue weighted by Crippen LogP contribution is 2.37. The summed E-state index contributed by atoms with van der Waals surface area (Å²) in [7, 11) is -22.5. The molecule has 20 atom stereocenters. The van der Waals surface area contributed by atoms with Crippen molar-refractivity contribution in [3.63, 3.8) is 0 Å². The Balaban J connectivity index is 1.81. The van der Waals surface area contributed by atoms with Crippen LogP contribution in [0.4, 0.5) is 0 Å². The van der Waals surface area contributed by atoms with Crippen LogP contribution in [0.15, 0.2) is 0 Å². The molecular formula is C28H44N2O35S4. The molecule has 0 aromatic rings. The number of hydrogen-bond acceptors (Lipinski definition) is 29. The molecule has 0 bridgehead atoms. The summed E-state index contributed by atoms with van der Waals surface area (Å²) in [4.78, 5) is 49.4. The van der Waals surface area contributed by atoms with E-state index in [4.69, 9.17) is 37.7 Å². The quantitative estimate of drug-likeness (QED) is 0.0504. The second-order valence-electron chi connectivity index (χ2n) is 14.7. The Morgan fingerprint density at radius 3 is 1.28 bits per heavy atom. The summed E-state index contributed by atoms with van der Waals surface area (Å²) < 4.78 is 187. The molecule has 4 aliphatic rings. The monoisotopic (exact) mass is 1100 g/mol. The molecule has 4 fully saturated rings. The second-order valence-corrected chi connectivity index (χ2v) is 19.0. The number of carboxylic acid groups (broad SMARTS) is 2. The minimum Gasteiger partial charge on any atom is -0.479 e. The summed E-state index contributed by atoms with van der Waals surface area (Å²) in [5.41, 5.74) is 0. The van der Waals surface area contributed by atoms with E-state index in [9.17, 15) is 107 Å². The highest BCUT2D eigenvalue weighted by molar-refractivity contribution is 7.81. The van der Waals surface area contributed by atoms with Crippen molar-refractivity contribution in [2.24, 2.45) is 0 Å². The van der Waals surface area contributed by atoms with Crippen molar-refractivity contribution < 1.29 is 162 Å². The minimum atomic E-state index is -5.83. The molecule has 9 unspecified atom stereocenters. The lowest BCUT2D eigenvalue weighted by Gasteiger charge is -2.50. The normalized spacial score (nSPS) is 39.2. The van der Waals surface area contributed by atoms with E-state index < -0.39 is 201 Å². The summed E-state index contributed by atoms with van der Waals surface area (Å²) in [6.45, 7) is -1.60. The van der Waals surface area contributed by atoms with Gasteiger partial charge in [0, 0.05) is 13.8 Å². The summed E-state index contributed by atoms with van der Waals surface area (Å²) in [5, 5.41) is 88.6. The first kappa shape index (κ1) is 58.4. The fraction of sp³-hybridized carbons (Fsp3) is 0.857. The van der Waals surface area contributed by atoms with Crippen LogP contribution < -0.4 is 10.6 Å². The highest BCUT2D eigenvalue weighted by atomic mass is 32.3. The lowest BCUT2D eigenvalue weighted by atomic mass is 9.94. The Kier molecular flexibility index (Phi) is 19.2. The van der Waals surface area contributed by atoms with Gasteiger partial charge in [0.25, 0.3) is 0 Å². The lowest BCUT2D eigenvalue weighted by molar-refractivity contribution is -0.366. The van der Waals surface area contributed by atoms with Gasteiger partial charge in [-0.25, -0.2) is 26.3 Å². The third kappa shape index (κ3) is 15.9. The zero-order chi connectivity index (χ0) is 52.5. The smallest absolute Gasteiger partial charge is 0.397 e. The standard InChI is InChI=1S/C28H44N2O35S4/c1-5(31)29-9-18(16(64-68(49,50)51)7(57-25(9)42)3-55-66(43,44)45)59-28-15(37)13(35)20(22(63-28)24(40)41)61-26-10(30-6(2)32)19(60-27-14(36)11(33)12(34)21(62-27)23(38)39)17(65-69(52,53)54)8(58-26)4-56-67(46,47)48/h7-22,25-28,33-37,42H,3-4H2,1-2H3,(H,29,31)(H,30,32)(H,38,39)(H,40,41)(H,43,44,45)(H,46,47,48)(H,49,50,51)(H,52,53,54)/t7?,8?,9?,10?,11-,12?,13+,14?,15?,16-,17-,18+,19+,20-,21?,22?,25+,26-,27+,28+/m0/s1. The van der Waals surface area contributed by atoms with Crippen molar-refractivity contribution in [3.8, 4) is 0 Å². The van der Waals surface area contributed by atoms with Gasteiger partial charge in [-0.1, -0.05) is 0 Å². The average Bonchev–Trinajstić information content (AvgIpc) is 3.18. The maximum atomic E-state index is 12.8. The maximum Gasteiger partial charge on any atom is 0.397 e. The van der Waals surface area contributed by atoms with Gasteiger partial charge in [0.05, 0.1) is 13.2 Å². The number of nitrogens with one attached hydrogen (secondary N) is 2. The molecule has 0 aromatic heterocycles. The number of hydrogen-bond donors (Lipinski definition) is 14. The highest BCUT2D eigenvalue weighted by Gasteiger charge is 2.59. The molecule has 14 N–H and O–H groups in total. The van der Waals surface area contributed by atoms with E-state index >= 15 is 0 Å². The molecule has 37 nitrogen and oxygen atoms in total. The molecule has 400 valence electrons. The fourth-order valence-corrected chi connectivity index (χ4v) is 8.70. The molecule has 0 aliphatic carbocycles. The second kappa shape index (κ2) is 22.7. The van der Waals surface area contributed by atoms with Gasteiger partial charge in [0.2, 0.25) is 11.8 Å². The zero-order valence-electron chi connectivity index (χ0n) is 34.4. The summed E-state index contributed by atoms with van der Waals surface area (Å²) in [5.74, 6) is -6.52. The van der Waals surface area contributed by atoms with Crippen LogP contribution in [0.1, 0.15) is 13.8 Å². The van der Waals surface area contributed by atoms with Gasteiger partial charge in [-0.3, -0.25) is 27.8 Å². The maximum absolute atomic E-state index is 12.8. The molecule has 0 spiro atoms. The minimum absolute atomic E-state index is 0.719. The van der Waals surface area contributed by atoms with Gasteiger partial charge >= 0.3 is 53.5 Å². The molecule has 4 saturated heterocycles. The number of amides is 2. The number of carbonyl (C=O) groups is 4. The van der Waals surface area contributed by atoms with Crippen molar-refractivity contribution in [2.45, 2.75) is 137 Å². The number of ether oxygens (including phenoxy) is 7. The molecule has 2 amide bonds. The molecule has 0 saturated carbocycles. The Hall–Kier alpha value is -3.16. The van der Waals surface area contributed by atoms with Crippen molar-refractivity contribution in [2.75, 3.05) is 13.2 Å². The van der Waals surface area contributed by atoms with E-state index in [-0.39, 0.29) is 0 Å². The predicted molar refractivity (Wildman–Crippen MR) is 200 cm³/mol. The lowest BCUT2D eigenvalue weighted by Crippen LogP contribution is -2.71. The van der Waals surface area contributed by atoms with Gasteiger partial charge in [-0.15, -0.1) is 0 Å². The number of aliphatic hydroxyl groups is 6. The van der Waals surface area contributed by atoms with Crippen LogP contribution in [-0.4, -0.2) is 252 Å². The van der Waals surface area contributed by atoms with E-state index in [2.05, 4.69) is 16.7 Å². The van der Waals surface area contributed by atoms with Crippen LogP contribution in [0.2, 0.25) is 0 Å². The molecule has 0 aromatic carbocycles. The third-order valence-corrected chi connectivity index (χ3v) is 11.6. The van der Waals surface area contributed by atoms with Gasteiger partial charge in [-0.05, 0) is 0 Å². The van der Waals surface area contributed by atoms with Crippen LogP contribution in [0.3, 0.4) is 0 Å². The first-order valence-electron chi connectivity index (χ1n) is 18.7. The van der Waals surface area contributed by atoms with Gasteiger partial charge in [0.1, 0.15) is 85.3 Å². The van der Waals surface area contributed by atoms with Crippen LogP contribution in [0.25, 0.3) is 0 Å². The fourth-order valence-electron chi connectivity index (χ4n) is 7.06. The van der Waals surface area contributed by atoms with Crippen LogP contribution in [0, 0.1) is 0 Å². The molecule has 4 aliphatic heterocycles. The number of carbonyl (C=O) groups excluding carboxylic acids is 2. The number of aliphatic hydroxyl groups excluding tert-OH is 6. The summed E-state index contributed by atoms with van der Waals surface area (Å²) in [6.07, 6.45) is -46.0. The molecule has 4 rings (SSSR count). The van der Waals surface area contributed by atoms with E-state index in [0.717, 1.165) is 13.8 Å². The molecule has 41 heteroatoms. The van der Waals surface area contributed by atoms with Gasteiger partial charge < -0.3 is 84.6 Å². The third-order valence-electron chi connectivity index (χ3n) is 9.75. The Labute approximate surface area is 386 Å². The summed E-state index contributed by atoms with van der Waals surface area (Å²) >= 11 is 0. The topological polar surface area (TPSA) is 573 Å². The van der Waals surface area contributed by atoms with Crippen molar-refractivity contribution >= 4 is 65.3 Å². The van der Waals surface area contributed by atoms with E-state index in [1.54, 1.807) is 0 Å². The first-order valence-corrected chi connectivity index (χ1v) is 24.2. The van der Waals surface area contributed by atoms with Crippen molar-refractivity contribution in [1.29, 1.82) is 0 Å². The Morgan fingerprint density at radius 1 is 0.464 bits per heavy atom. The number of carboxylic acids is 2. The van der Waals surface area contributed by atoms with Crippen molar-refractivity contribution in [1.82, 2.24) is 10.6 Å². The van der Waals surface area contributed by atoms with Crippen molar-refractivity contribution in [3.05, 3.63) is 0 Å². The van der Waals surface area contributed by atoms with E-state index in [1.165, 1.54) is 0 Å². The van der Waals surface area contributed by atoms with Crippen LogP contribution in [0.5, 0.6) is 0 Å². The summed E-state index contributed by atoms with van der Waals surface area (Å²) in [6, 6.07) is -4.50. The number of aliphatic carboxylic acids is 2. The Morgan fingerprint density at radius 2 is 0.855 bits per heavy atom. The average molecular weight is 1100 g/mol. The molecular weight excluding hydrogens is 1050 g/mol. The van der Waals surface area contributed by atoms with E-state index in [0.29, 0.717) is 0 Å². The molecule has 4 heterocycles. The predicted octanol–water partition coefficient (Wildman–Crippen LogP) is -9.97. The van der Waals surface area contributed by atoms with Gasteiger partial charge in [-0.2, -0.15) is 33.7 Å². The van der Waals surface area contributed by atoms with E-state index in [1.807, 2.05) is 10.6 Å². The molecule has 69 heavy (non-hydrogen) atoms. The zero-order valence-corrected chi connectivity index (χ0v) is 37.6. The van der Waals surface area contributed by atoms with Crippen LogP contribution >= 0.6 is 0 Å². The Bertz CT molecular complexity index is 2300. The van der Waals surface area contributed by atoms with Crippen LogP contribution in [-0.2, 0) is 111 Å². The number of rotatable bonds is 20. The SMILES string of the molecule is CC(=O)NC1[C@H](O[C@@H]2C(C(=O)O)O[C@@H](O[C@@H]3C(NC(C)=O)[C@H](O)OC(COS(=O)(=O)O)[C@@H]3OS(=O)(=O)O)C(O)[C@H]2O)OC(COS(=O)(=O)O)[C@H](OS(=O)(=O)O)[C@@H]1O[C@@H]1OC(C(=O)O)C(O)[C@H](O)C1O.